The molecule has 92 valence electrons. The molecule has 1 N–H and O–H groups in total. The Labute approximate surface area is 110 Å². The molecule has 3 nitrogen and oxygen atoms in total. The zero-order valence-corrected chi connectivity index (χ0v) is 12.0. The Bertz CT molecular complexity index is 517. The lowest BCUT2D eigenvalue weighted by molar-refractivity contribution is 0.415. The fourth-order valence-electron chi connectivity index (χ4n) is 1.25. The first kappa shape index (κ1) is 12.7. The molecule has 0 aliphatic heterocycles. The van der Waals surface area contributed by atoms with E-state index in [9.17, 15) is 0 Å². The van der Waals surface area contributed by atoms with Crippen LogP contribution < -0.4 is 9.46 Å². The number of hydrogen-bond acceptors (Lipinski definition) is 5. The lowest BCUT2D eigenvalue weighted by Gasteiger charge is -2.17. The van der Waals surface area contributed by atoms with E-state index in [1.54, 1.807) is 30.4 Å². The highest BCUT2D eigenvalue weighted by Gasteiger charge is 2.12. The van der Waals surface area contributed by atoms with Crippen molar-refractivity contribution >= 4 is 33.5 Å². The van der Waals surface area contributed by atoms with Gasteiger partial charge < -0.3 is 4.74 Å². The molecule has 1 heterocycles. The minimum Gasteiger partial charge on any atom is -0.497 e. The number of aromatic nitrogens is 1. The number of nitrogens with zero attached hydrogens (tertiary/aromatic N) is 1. The van der Waals surface area contributed by atoms with Crippen LogP contribution in [0.15, 0.2) is 22.5 Å². The molecule has 0 spiro atoms. The summed E-state index contributed by atoms with van der Waals surface area (Å²) in [5.74, 6) is 0.876. The summed E-state index contributed by atoms with van der Waals surface area (Å²) in [7, 11) is 1.68. The van der Waals surface area contributed by atoms with Crippen molar-refractivity contribution in [3.05, 3.63) is 18.2 Å². The van der Waals surface area contributed by atoms with Crippen molar-refractivity contribution in [2.75, 3.05) is 7.11 Å². The molecule has 1 aromatic heterocycles. The molecule has 0 saturated carbocycles. The Hall–Kier alpha value is -0.780. The monoisotopic (exact) mass is 268 g/mol. The third kappa shape index (κ3) is 3.34. The second-order valence-electron chi connectivity index (χ2n) is 4.77. The van der Waals surface area contributed by atoms with Gasteiger partial charge >= 0.3 is 0 Å². The lowest BCUT2D eigenvalue weighted by Crippen LogP contribution is -2.29. The van der Waals surface area contributed by atoms with E-state index < -0.39 is 0 Å². The van der Waals surface area contributed by atoms with Gasteiger partial charge in [-0.25, -0.2) is 4.98 Å². The Balaban J connectivity index is 2.20. The summed E-state index contributed by atoms with van der Waals surface area (Å²) in [6.45, 7) is 6.41. The maximum absolute atomic E-state index is 5.20. The molecule has 0 atom stereocenters. The van der Waals surface area contributed by atoms with E-state index in [-0.39, 0.29) is 5.54 Å². The van der Waals surface area contributed by atoms with Crippen molar-refractivity contribution in [1.82, 2.24) is 9.71 Å². The van der Waals surface area contributed by atoms with Crippen LogP contribution in [0.4, 0.5) is 0 Å². The van der Waals surface area contributed by atoms with Crippen molar-refractivity contribution in [3.63, 3.8) is 0 Å². The van der Waals surface area contributed by atoms with Crippen molar-refractivity contribution in [3.8, 4) is 5.75 Å². The minimum atomic E-state index is 0.0835. The van der Waals surface area contributed by atoms with Gasteiger partial charge in [-0.2, -0.15) is 0 Å². The van der Waals surface area contributed by atoms with Gasteiger partial charge in [0.1, 0.15) is 5.75 Å². The van der Waals surface area contributed by atoms with E-state index in [2.05, 4.69) is 30.5 Å². The van der Waals surface area contributed by atoms with Gasteiger partial charge in [-0.1, -0.05) is 0 Å². The molecule has 0 radical (unpaired) electrons. The number of rotatable bonds is 3. The number of benzene rings is 1. The minimum absolute atomic E-state index is 0.0835. The maximum Gasteiger partial charge on any atom is 0.166 e. The zero-order chi connectivity index (χ0) is 12.5. The van der Waals surface area contributed by atoms with Gasteiger partial charge in [0.2, 0.25) is 0 Å². The van der Waals surface area contributed by atoms with Crippen molar-refractivity contribution in [2.45, 2.75) is 30.6 Å². The fourth-order valence-corrected chi connectivity index (χ4v) is 3.08. The summed E-state index contributed by atoms with van der Waals surface area (Å²) in [4.78, 5) is 4.55. The van der Waals surface area contributed by atoms with E-state index >= 15 is 0 Å². The second kappa shape index (κ2) is 4.84. The Kier molecular flexibility index (Phi) is 3.61. The summed E-state index contributed by atoms with van der Waals surface area (Å²) in [6.07, 6.45) is 0. The molecule has 0 amide bonds. The Morgan fingerprint density at radius 2 is 2.12 bits per heavy atom. The second-order valence-corrected chi connectivity index (χ2v) is 6.85. The molecule has 0 fully saturated rings. The van der Waals surface area contributed by atoms with Gasteiger partial charge in [-0.3, -0.25) is 4.72 Å². The number of fused-ring (bicyclic) bond motifs is 1. The Morgan fingerprint density at radius 3 is 2.76 bits per heavy atom. The number of methoxy groups -OCH3 is 1. The van der Waals surface area contributed by atoms with Crippen LogP contribution in [0, 0.1) is 0 Å². The van der Waals surface area contributed by atoms with Gasteiger partial charge in [0.15, 0.2) is 4.34 Å². The van der Waals surface area contributed by atoms with Crippen LogP contribution in [0.3, 0.4) is 0 Å². The van der Waals surface area contributed by atoms with E-state index in [0.717, 1.165) is 20.3 Å². The summed E-state index contributed by atoms with van der Waals surface area (Å²) in [5, 5.41) is 0. The predicted octanol–water partition coefficient (Wildman–Crippen LogP) is 3.70. The quantitative estimate of drug-likeness (QED) is 0.861. The standard InChI is InChI=1S/C12H16N2OS2/c1-12(2,3)14-17-11-13-9-6-5-8(15-4)7-10(9)16-11/h5-7,14H,1-4H3. The molecule has 2 rings (SSSR count). The van der Waals surface area contributed by atoms with Gasteiger partial charge in [0.25, 0.3) is 0 Å². The maximum atomic E-state index is 5.20. The van der Waals surface area contributed by atoms with Crippen molar-refractivity contribution in [1.29, 1.82) is 0 Å². The highest BCUT2D eigenvalue weighted by Crippen LogP contribution is 2.31. The Morgan fingerprint density at radius 1 is 1.35 bits per heavy atom. The molecular formula is C12H16N2OS2. The highest BCUT2D eigenvalue weighted by atomic mass is 32.2. The highest BCUT2D eigenvalue weighted by molar-refractivity contribution is 7.99. The molecule has 1 aromatic carbocycles. The molecule has 0 aliphatic rings. The van der Waals surface area contributed by atoms with Crippen LogP contribution in [0.25, 0.3) is 10.2 Å². The predicted molar refractivity (Wildman–Crippen MR) is 74.9 cm³/mol. The largest absolute Gasteiger partial charge is 0.497 e. The molecule has 0 saturated heterocycles. The van der Waals surface area contributed by atoms with Gasteiger partial charge in [-0.15, -0.1) is 11.3 Å². The van der Waals surface area contributed by atoms with Crippen LogP contribution >= 0.6 is 23.3 Å². The topological polar surface area (TPSA) is 34.1 Å². The number of nitrogens with one attached hydrogen (secondary N) is 1. The normalized spacial score (nSPS) is 12.0. The first-order valence-corrected chi connectivity index (χ1v) is 7.00. The van der Waals surface area contributed by atoms with Crippen LogP contribution in [-0.2, 0) is 0 Å². The zero-order valence-electron chi connectivity index (χ0n) is 10.4. The fraction of sp³-hybridized carbons (Fsp3) is 0.417. The van der Waals surface area contributed by atoms with Crippen LogP contribution in [-0.4, -0.2) is 17.6 Å². The molecular weight excluding hydrogens is 252 g/mol. The third-order valence-electron chi connectivity index (χ3n) is 2.02. The molecule has 17 heavy (non-hydrogen) atoms. The molecule has 0 unspecified atom stereocenters. The molecule has 5 heteroatoms. The van der Waals surface area contributed by atoms with Crippen LogP contribution in [0.5, 0.6) is 5.75 Å². The van der Waals surface area contributed by atoms with Gasteiger partial charge in [0, 0.05) is 5.54 Å². The summed E-state index contributed by atoms with van der Waals surface area (Å²) in [6, 6.07) is 5.95. The first-order chi connectivity index (χ1) is 7.98. The SMILES string of the molecule is COc1ccc2nc(SNC(C)(C)C)sc2c1. The van der Waals surface area contributed by atoms with Crippen LogP contribution in [0.2, 0.25) is 0 Å². The average molecular weight is 268 g/mol. The first-order valence-electron chi connectivity index (χ1n) is 5.36. The molecule has 2 aromatic rings. The van der Waals surface area contributed by atoms with Crippen LogP contribution in [0.1, 0.15) is 20.8 Å². The van der Waals surface area contributed by atoms with E-state index in [0.29, 0.717) is 0 Å². The average Bonchev–Trinajstić information content (AvgIpc) is 2.66. The van der Waals surface area contributed by atoms with E-state index in [4.69, 9.17) is 4.74 Å². The number of thiazole rings is 1. The third-order valence-corrected chi connectivity index (χ3v) is 4.31. The van der Waals surface area contributed by atoms with Crippen molar-refractivity contribution < 1.29 is 4.74 Å². The number of hydrogen-bond donors (Lipinski definition) is 1. The smallest absolute Gasteiger partial charge is 0.166 e. The van der Waals surface area contributed by atoms with Crippen molar-refractivity contribution in [2.24, 2.45) is 0 Å². The lowest BCUT2D eigenvalue weighted by atomic mass is 10.1. The van der Waals surface area contributed by atoms with E-state index in [1.165, 1.54) is 0 Å². The molecule has 0 aliphatic carbocycles. The number of ether oxygens (including phenoxy) is 1. The van der Waals surface area contributed by atoms with Gasteiger partial charge in [0.05, 0.1) is 17.3 Å². The van der Waals surface area contributed by atoms with E-state index in [1.807, 2.05) is 18.2 Å². The summed E-state index contributed by atoms with van der Waals surface area (Å²) in [5.41, 5.74) is 1.11. The summed E-state index contributed by atoms with van der Waals surface area (Å²) < 4.78 is 10.7. The summed E-state index contributed by atoms with van der Waals surface area (Å²) >= 11 is 3.26. The molecule has 0 bridgehead atoms. The van der Waals surface area contributed by atoms with Gasteiger partial charge in [-0.05, 0) is 50.9 Å².